The van der Waals surface area contributed by atoms with Crippen molar-refractivity contribution in [1.82, 2.24) is 9.55 Å². The molecule has 31 heavy (non-hydrogen) atoms. The van der Waals surface area contributed by atoms with E-state index in [1.54, 1.807) is 22.8 Å². The van der Waals surface area contributed by atoms with Crippen LogP contribution >= 0.6 is 0 Å². The normalized spacial score (nSPS) is 18.7. The fraction of sp³-hybridized carbons (Fsp3) is 0.333. The van der Waals surface area contributed by atoms with Gasteiger partial charge in [0.05, 0.1) is 28.8 Å². The number of anilines is 1. The fourth-order valence-corrected chi connectivity index (χ4v) is 3.57. The zero-order chi connectivity index (χ0) is 22.2. The zero-order valence-electron chi connectivity index (χ0n) is 16.3. The number of aromatic nitrogens is 2. The summed E-state index contributed by atoms with van der Waals surface area (Å²) in [4.78, 5) is 17.1. The van der Waals surface area contributed by atoms with Gasteiger partial charge in [-0.2, -0.15) is 13.2 Å². The van der Waals surface area contributed by atoms with Gasteiger partial charge in [0.1, 0.15) is 12.2 Å². The Morgan fingerprint density at radius 1 is 1.26 bits per heavy atom. The monoisotopic (exact) mass is 435 g/mol. The van der Waals surface area contributed by atoms with E-state index in [4.69, 9.17) is 4.74 Å². The van der Waals surface area contributed by atoms with Gasteiger partial charge in [-0.1, -0.05) is 18.2 Å². The van der Waals surface area contributed by atoms with Gasteiger partial charge in [0, 0.05) is 13.2 Å². The van der Waals surface area contributed by atoms with E-state index >= 15 is 0 Å². The third kappa shape index (κ3) is 4.14. The number of imidazole rings is 1. The number of ether oxygens (including phenoxy) is 1. The number of amides is 1. The SMILES string of the molecule is O=C(Nc1nc2cc(C3OCC3O)ccc2n1CCCO)c1ccccc1C(F)(F)F. The third-order valence-electron chi connectivity index (χ3n) is 5.14. The largest absolute Gasteiger partial charge is 0.417 e. The summed E-state index contributed by atoms with van der Waals surface area (Å²) in [5.41, 5.74) is 0.271. The van der Waals surface area contributed by atoms with Crippen LogP contribution in [-0.2, 0) is 17.5 Å². The number of carbonyl (C=O) groups is 1. The van der Waals surface area contributed by atoms with Crippen LogP contribution in [0.2, 0.25) is 0 Å². The molecule has 2 atom stereocenters. The van der Waals surface area contributed by atoms with Gasteiger partial charge in [0.25, 0.3) is 5.91 Å². The molecular weight excluding hydrogens is 415 g/mol. The number of hydrogen-bond donors (Lipinski definition) is 3. The highest BCUT2D eigenvalue weighted by Gasteiger charge is 2.35. The summed E-state index contributed by atoms with van der Waals surface area (Å²) in [5, 5.41) is 21.5. The molecule has 164 valence electrons. The van der Waals surface area contributed by atoms with E-state index in [2.05, 4.69) is 10.3 Å². The van der Waals surface area contributed by atoms with Crippen LogP contribution in [0.3, 0.4) is 0 Å². The van der Waals surface area contributed by atoms with Crippen LogP contribution in [0.5, 0.6) is 0 Å². The Balaban J connectivity index is 1.70. The Morgan fingerprint density at radius 3 is 2.68 bits per heavy atom. The number of aryl methyl sites for hydroxylation is 1. The summed E-state index contributed by atoms with van der Waals surface area (Å²) in [6.45, 7) is 0.434. The fourth-order valence-electron chi connectivity index (χ4n) is 3.57. The Kier molecular flexibility index (Phi) is 5.69. The third-order valence-corrected chi connectivity index (χ3v) is 5.14. The van der Waals surface area contributed by atoms with Gasteiger partial charge in [0.2, 0.25) is 5.95 Å². The van der Waals surface area contributed by atoms with Crippen molar-refractivity contribution in [2.24, 2.45) is 0 Å². The average molecular weight is 435 g/mol. The molecule has 4 rings (SSSR count). The predicted octanol–water partition coefficient (Wildman–Crippen LogP) is 3.12. The smallest absolute Gasteiger partial charge is 0.396 e. The molecule has 2 unspecified atom stereocenters. The molecule has 3 N–H and O–H groups in total. The molecule has 2 heterocycles. The van der Waals surface area contributed by atoms with Crippen molar-refractivity contribution in [2.45, 2.75) is 31.3 Å². The van der Waals surface area contributed by atoms with Gasteiger partial charge in [-0.05, 0) is 36.2 Å². The number of halogens is 3. The van der Waals surface area contributed by atoms with Crippen LogP contribution in [0.1, 0.15) is 34.0 Å². The molecule has 1 amide bonds. The number of fused-ring (bicyclic) bond motifs is 1. The summed E-state index contributed by atoms with van der Waals surface area (Å²) < 4.78 is 46.9. The molecule has 1 fully saturated rings. The molecular formula is C21H20F3N3O4. The highest BCUT2D eigenvalue weighted by atomic mass is 19.4. The highest BCUT2D eigenvalue weighted by molar-refractivity contribution is 6.05. The van der Waals surface area contributed by atoms with E-state index in [1.807, 2.05) is 0 Å². The predicted molar refractivity (Wildman–Crippen MR) is 106 cm³/mol. The molecule has 0 aliphatic carbocycles. The molecule has 1 aliphatic heterocycles. The number of rotatable bonds is 6. The number of hydrogen-bond acceptors (Lipinski definition) is 5. The maximum Gasteiger partial charge on any atom is 0.417 e. The van der Waals surface area contributed by atoms with Crippen molar-refractivity contribution < 1.29 is 32.9 Å². The average Bonchev–Trinajstić information content (AvgIpc) is 3.06. The lowest BCUT2D eigenvalue weighted by atomic mass is 10.0. The minimum atomic E-state index is -4.68. The zero-order valence-corrected chi connectivity index (χ0v) is 16.3. The van der Waals surface area contributed by atoms with Crippen LogP contribution in [-0.4, -0.2) is 45.0 Å². The Labute approximate surface area is 175 Å². The van der Waals surface area contributed by atoms with Crippen LogP contribution in [0.15, 0.2) is 42.5 Å². The van der Waals surface area contributed by atoms with E-state index in [0.29, 0.717) is 29.6 Å². The van der Waals surface area contributed by atoms with Crippen molar-refractivity contribution in [3.05, 3.63) is 59.2 Å². The number of aliphatic hydroxyl groups excluding tert-OH is 2. The van der Waals surface area contributed by atoms with Crippen molar-refractivity contribution in [3.63, 3.8) is 0 Å². The summed E-state index contributed by atoms with van der Waals surface area (Å²) in [6, 6.07) is 9.73. The topological polar surface area (TPSA) is 96.6 Å². The lowest BCUT2D eigenvalue weighted by molar-refractivity contribution is -0.165. The minimum absolute atomic E-state index is 0.0673. The lowest BCUT2D eigenvalue weighted by Gasteiger charge is -2.33. The van der Waals surface area contributed by atoms with Crippen molar-refractivity contribution >= 4 is 22.9 Å². The second-order valence-corrected chi connectivity index (χ2v) is 7.23. The van der Waals surface area contributed by atoms with Crippen LogP contribution in [0, 0.1) is 0 Å². The number of carbonyl (C=O) groups excluding carboxylic acids is 1. The van der Waals surface area contributed by atoms with Gasteiger partial charge in [-0.25, -0.2) is 4.98 Å². The van der Waals surface area contributed by atoms with Crippen LogP contribution in [0.25, 0.3) is 11.0 Å². The van der Waals surface area contributed by atoms with Crippen LogP contribution < -0.4 is 5.32 Å². The van der Waals surface area contributed by atoms with Gasteiger partial charge in [-0.15, -0.1) is 0 Å². The number of alkyl halides is 3. The molecule has 3 aromatic rings. The second-order valence-electron chi connectivity index (χ2n) is 7.23. The van der Waals surface area contributed by atoms with Crippen molar-refractivity contribution in [2.75, 3.05) is 18.5 Å². The molecule has 10 heteroatoms. The van der Waals surface area contributed by atoms with Gasteiger partial charge >= 0.3 is 6.18 Å². The number of benzene rings is 2. The quantitative estimate of drug-likeness (QED) is 0.553. The van der Waals surface area contributed by atoms with Gasteiger partial charge in [0.15, 0.2) is 0 Å². The molecule has 7 nitrogen and oxygen atoms in total. The van der Waals surface area contributed by atoms with Crippen molar-refractivity contribution in [1.29, 1.82) is 0 Å². The number of aliphatic hydroxyl groups is 2. The Morgan fingerprint density at radius 2 is 2.03 bits per heavy atom. The van der Waals surface area contributed by atoms with E-state index in [0.717, 1.165) is 12.1 Å². The molecule has 0 radical (unpaired) electrons. The first kappa shape index (κ1) is 21.3. The van der Waals surface area contributed by atoms with Gasteiger partial charge in [-0.3, -0.25) is 10.1 Å². The Hall–Kier alpha value is -2.95. The van der Waals surface area contributed by atoms with E-state index in [-0.39, 0.29) is 19.2 Å². The summed E-state index contributed by atoms with van der Waals surface area (Å²) in [7, 11) is 0. The minimum Gasteiger partial charge on any atom is -0.396 e. The molecule has 1 aliphatic rings. The maximum atomic E-state index is 13.3. The summed E-state index contributed by atoms with van der Waals surface area (Å²) >= 11 is 0. The maximum absolute atomic E-state index is 13.3. The highest BCUT2D eigenvalue weighted by Crippen LogP contribution is 2.34. The molecule has 0 bridgehead atoms. The van der Waals surface area contributed by atoms with Crippen molar-refractivity contribution in [3.8, 4) is 0 Å². The first-order chi connectivity index (χ1) is 14.8. The Bertz CT molecular complexity index is 1110. The first-order valence-corrected chi connectivity index (χ1v) is 9.68. The molecule has 2 aromatic carbocycles. The molecule has 0 spiro atoms. The second kappa shape index (κ2) is 8.29. The number of nitrogens with zero attached hydrogens (tertiary/aromatic N) is 2. The molecule has 1 aromatic heterocycles. The summed E-state index contributed by atoms with van der Waals surface area (Å²) in [5.74, 6) is -0.871. The molecule has 1 saturated heterocycles. The molecule has 0 saturated carbocycles. The van der Waals surface area contributed by atoms with E-state index in [1.165, 1.54) is 12.1 Å². The van der Waals surface area contributed by atoms with Gasteiger partial charge < -0.3 is 19.5 Å². The first-order valence-electron chi connectivity index (χ1n) is 9.68. The lowest BCUT2D eigenvalue weighted by Crippen LogP contribution is -2.37. The van der Waals surface area contributed by atoms with Crippen LogP contribution in [0.4, 0.5) is 19.1 Å². The number of nitrogens with one attached hydrogen (secondary N) is 1. The van der Waals surface area contributed by atoms with E-state index < -0.39 is 35.4 Å². The van der Waals surface area contributed by atoms with E-state index in [9.17, 15) is 28.2 Å². The summed E-state index contributed by atoms with van der Waals surface area (Å²) in [6.07, 6.45) is -5.40. The standard InChI is InChI=1S/C21H20F3N3O4/c22-21(23,24)14-5-2-1-4-13(14)19(30)26-20-25-15-10-12(18-17(29)11-31-18)6-7-16(15)27(20)8-3-9-28/h1-2,4-7,10,17-18,28-29H,3,8-9,11H2,(H,25,26,30).